The fraction of sp³-hybridized carbons (Fsp3) is 0.389. The summed E-state index contributed by atoms with van der Waals surface area (Å²) in [4.78, 5) is 20.8. The maximum atomic E-state index is 12.3. The standard InChI is InChI=1S/C18H22N4O/c1-13-5-4-6-14(11-13)12-20-17(23)16-9-10-19-18(22-16)21-15-7-2-3-8-15/h4-6,9-11,15H,2-3,7-8,12H2,1H3,(H,20,23)(H,19,21,22). The number of aromatic nitrogens is 2. The van der Waals surface area contributed by atoms with Crippen LogP contribution in [0.3, 0.4) is 0 Å². The first-order valence-corrected chi connectivity index (χ1v) is 8.14. The van der Waals surface area contributed by atoms with Gasteiger partial charge in [0.15, 0.2) is 0 Å². The van der Waals surface area contributed by atoms with Gasteiger partial charge in [-0.05, 0) is 31.4 Å². The Bertz CT molecular complexity index is 680. The van der Waals surface area contributed by atoms with Crippen molar-refractivity contribution in [1.82, 2.24) is 15.3 Å². The van der Waals surface area contributed by atoms with E-state index in [4.69, 9.17) is 0 Å². The molecular weight excluding hydrogens is 288 g/mol. The van der Waals surface area contributed by atoms with Gasteiger partial charge in [0.05, 0.1) is 0 Å². The zero-order chi connectivity index (χ0) is 16.1. The van der Waals surface area contributed by atoms with E-state index in [0.717, 1.165) is 18.4 Å². The highest BCUT2D eigenvalue weighted by molar-refractivity contribution is 5.92. The van der Waals surface area contributed by atoms with Crippen LogP contribution in [0, 0.1) is 6.92 Å². The molecule has 1 aromatic heterocycles. The van der Waals surface area contributed by atoms with Crippen LogP contribution in [0.25, 0.3) is 0 Å². The quantitative estimate of drug-likeness (QED) is 0.890. The molecule has 5 heteroatoms. The lowest BCUT2D eigenvalue weighted by Crippen LogP contribution is -2.25. The number of aryl methyl sites for hydroxylation is 1. The van der Waals surface area contributed by atoms with Crippen LogP contribution in [0.5, 0.6) is 0 Å². The molecule has 120 valence electrons. The SMILES string of the molecule is Cc1cccc(CNC(=O)c2ccnc(NC3CCCC3)n2)c1. The van der Waals surface area contributed by atoms with Gasteiger partial charge in [0.1, 0.15) is 5.69 Å². The van der Waals surface area contributed by atoms with Crippen molar-refractivity contribution in [1.29, 1.82) is 0 Å². The Labute approximate surface area is 136 Å². The molecule has 0 radical (unpaired) electrons. The van der Waals surface area contributed by atoms with Gasteiger partial charge in [0.25, 0.3) is 5.91 Å². The Hall–Kier alpha value is -2.43. The van der Waals surface area contributed by atoms with Gasteiger partial charge in [-0.3, -0.25) is 4.79 Å². The van der Waals surface area contributed by atoms with Crippen molar-refractivity contribution in [3.63, 3.8) is 0 Å². The van der Waals surface area contributed by atoms with Crippen LogP contribution in [0.15, 0.2) is 36.5 Å². The molecule has 2 aromatic rings. The number of anilines is 1. The average molecular weight is 310 g/mol. The lowest BCUT2D eigenvalue weighted by atomic mass is 10.1. The number of hydrogen-bond acceptors (Lipinski definition) is 4. The summed E-state index contributed by atoms with van der Waals surface area (Å²) in [5.41, 5.74) is 2.66. The Kier molecular flexibility index (Phi) is 4.86. The van der Waals surface area contributed by atoms with E-state index in [9.17, 15) is 4.79 Å². The number of hydrogen-bond donors (Lipinski definition) is 2. The summed E-state index contributed by atoms with van der Waals surface area (Å²) in [6.45, 7) is 2.53. The predicted octanol–water partition coefficient (Wildman–Crippen LogP) is 3.07. The topological polar surface area (TPSA) is 66.9 Å². The third-order valence-electron chi connectivity index (χ3n) is 4.11. The molecule has 0 spiro atoms. The van der Waals surface area contributed by atoms with Gasteiger partial charge < -0.3 is 10.6 Å². The van der Waals surface area contributed by atoms with Crippen LogP contribution >= 0.6 is 0 Å². The first kappa shape index (κ1) is 15.5. The molecule has 3 rings (SSSR count). The highest BCUT2D eigenvalue weighted by Gasteiger charge is 2.16. The number of nitrogens with zero attached hydrogens (tertiary/aromatic N) is 2. The molecule has 0 aliphatic heterocycles. The fourth-order valence-electron chi connectivity index (χ4n) is 2.90. The normalized spacial score (nSPS) is 14.7. The third-order valence-corrected chi connectivity index (χ3v) is 4.11. The van der Waals surface area contributed by atoms with Gasteiger partial charge in [0, 0.05) is 18.8 Å². The van der Waals surface area contributed by atoms with Crippen LogP contribution in [-0.2, 0) is 6.54 Å². The number of carbonyl (C=O) groups excluding carboxylic acids is 1. The van der Waals surface area contributed by atoms with Gasteiger partial charge in [0.2, 0.25) is 5.95 Å². The van der Waals surface area contributed by atoms with E-state index >= 15 is 0 Å². The predicted molar refractivity (Wildman–Crippen MR) is 90.3 cm³/mol. The monoisotopic (exact) mass is 310 g/mol. The Morgan fingerprint density at radius 3 is 2.87 bits per heavy atom. The summed E-state index contributed by atoms with van der Waals surface area (Å²) in [6, 6.07) is 10.2. The Morgan fingerprint density at radius 1 is 1.26 bits per heavy atom. The van der Waals surface area contributed by atoms with E-state index in [1.165, 1.54) is 18.4 Å². The van der Waals surface area contributed by atoms with E-state index < -0.39 is 0 Å². The molecule has 2 N–H and O–H groups in total. The number of nitrogens with one attached hydrogen (secondary N) is 2. The summed E-state index contributed by atoms with van der Waals surface area (Å²) in [7, 11) is 0. The van der Waals surface area contributed by atoms with E-state index in [1.807, 2.05) is 25.1 Å². The van der Waals surface area contributed by atoms with E-state index in [1.54, 1.807) is 12.3 Å². The molecule has 1 heterocycles. The first-order chi connectivity index (χ1) is 11.2. The maximum absolute atomic E-state index is 12.3. The molecule has 5 nitrogen and oxygen atoms in total. The smallest absolute Gasteiger partial charge is 0.270 e. The molecule has 0 saturated heterocycles. The second-order valence-electron chi connectivity index (χ2n) is 6.06. The third kappa shape index (κ3) is 4.28. The summed E-state index contributed by atoms with van der Waals surface area (Å²) >= 11 is 0. The van der Waals surface area contributed by atoms with Gasteiger partial charge in [-0.2, -0.15) is 0 Å². The van der Waals surface area contributed by atoms with Crippen LogP contribution < -0.4 is 10.6 Å². The molecule has 0 atom stereocenters. The van der Waals surface area contributed by atoms with Crippen molar-refractivity contribution in [3.8, 4) is 0 Å². The van der Waals surface area contributed by atoms with Crippen LogP contribution in [0.4, 0.5) is 5.95 Å². The van der Waals surface area contributed by atoms with Crippen LogP contribution in [0.2, 0.25) is 0 Å². The zero-order valence-electron chi connectivity index (χ0n) is 13.4. The van der Waals surface area contributed by atoms with Crippen molar-refractivity contribution in [2.24, 2.45) is 0 Å². The Balaban J connectivity index is 1.60. The molecule has 0 unspecified atom stereocenters. The highest BCUT2D eigenvalue weighted by atomic mass is 16.1. The summed E-state index contributed by atoms with van der Waals surface area (Å²) in [5, 5.41) is 6.22. The molecule has 1 aromatic carbocycles. The molecule has 1 saturated carbocycles. The largest absolute Gasteiger partial charge is 0.351 e. The molecule has 1 fully saturated rings. The van der Waals surface area contributed by atoms with Gasteiger partial charge >= 0.3 is 0 Å². The van der Waals surface area contributed by atoms with Crippen molar-refractivity contribution in [2.45, 2.75) is 45.2 Å². The molecule has 1 aliphatic carbocycles. The summed E-state index contributed by atoms with van der Waals surface area (Å²) in [5.74, 6) is 0.364. The Morgan fingerprint density at radius 2 is 2.09 bits per heavy atom. The lowest BCUT2D eigenvalue weighted by Gasteiger charge is -2.12. The number of amides is 1. The molecule has 23 heavy (non-hydrogen) atoms. The molecule has 1 amide bonds. The van der Waals surface area contributed by atoms with Crippen LogP contribution in [-0.4, -0.2) is 21.9 Å². The minimum Gasteiger partial charge on any atom is -0.351 e. The first-order valence-electron chi connectivity index (χ1n) is 8.14. The second kappa shape index (κ2) is 7.22. The molecule has 0 bridgehead atoms. The number of benzene rings is 1. The van der Waals surface area contributed by atoms with Gasteiger partial charge in [-0.25, -0.2) is 9.97 Å². The lowest BCUT2D eigenvalue weighted by molar-refractivity contribution is 0.0946. The van der Waals surface area contributed by atoms with Crippen molar-refractivity contribution in [3.05, 3.63) is 53.3 Å². The van der Waals surface area contributed by atoms with E-state index in [0.29, 0.717) is 24.2 Å². The fourth-order valence-corrected chi connectivity index (χ4v) is 2.90. The summed E-state index contributed by atoms with van der Waals surface area (Å²) in [6.07, 6.45) is 6.41. The maximum Gasteiger partial charge on any atom is 0.270 e. The van der Waals surface area contributed by atoms with Crippen LogP contribution in [0.1, 0.15) is 47.3 Å². The second-order valence-corrected chi connectivity index (χ2v) is 6.06. The van der Waals surface area contributed by atoms with Crippen molar-refractivity contribution >= 4 is 11.9 Å². The van der Waals surface area contributed by atoms with E-state index in [2.05, 4.69) is 26.7 Å². The highest BCUT2D eigenvalue weighted by Crippen LogP contribution is 2.20. The number of rotatable bonds is 5. The zero-order valence-corrected chi connectivity index (χ0v) is 13.4. The molecular formula is C18H22N4O. The van der Waals surface area contributed by atoms with Crippen molar-refractivity contribution in [2.75, 3.05) is 5.32 Å². The molecule has 1 aliphatic rings. The number of carbonyl (C=O) groups is 1. The average Bonchev–Trinajstić information content (AvgIpc) is 3.06. The summed E-state index contributed by atoms with van der Waals surface area (Å²) < 4.78 is 0. The van der Waals surface area contributed by atoms with E-state index in [-0.39, 0.29) is 5.91 Å². The van der Waals surface area contributed by atoms with Gasteiger partial charge in [-0.1, -0.05) is 42.7 Å². The van der Waals surface area contributed by atoms with Gasteiger partial charge in [-0.15, -0.1) is 0 Å². The van der Waals surface area contributed by atoms with Crippen molar-refractivity contribution < 1.29 is 4.79 Å². The minimum absolute atomic E-state index is 0.177. The minimum atomic E-state index is -0.177.